The fourth-order valence-corrected chi connectivity index (χ4v) is 2.63. The van der Waals surface area contributed by atoms with Crippen molar-refractivity contribution in [1.82, 2.24) is 20.0 Å². The van der Waals surface area contributed by atoms with Crippen LogP contribution < -0.4 is 5.73 Å². The van der Waals surface area contributed by atoms with Gasteiger partial charge < -0.3 is 5.73 Å². The molecule has 0 aliphatic rings. The van der Waals surface area contributed by atoms with Gasteiger partial charge in [-0.1, -0.05) is 26.1 Å². The zero-order valence-corrected chi connectivity index (χ0v) is 13.1. The van der Waals surface area contributed by atoms with Gasteiger partial charge in [-0.15, -0.1) is 5.10 Å². The zero-order chi connectivity index (χ0) is 14.9. The molecule has 0 saturated carbocycles. The molecule has 0 saturated heterocycles. The van der Waals surface area contributed by atoms with Crippen molar-refractivity contribution in [2.24, 2.45) is 5.73 Å². The first-order valence-corrected chi connectivity index (χ1v) is 7.12. The summed E-state index contributed by atoms with van der Waals surface area (Å²) in [5.74, 6) is 0.622. The van der Waals surface area contributed by atoms with Crippen LogP contribution in [0, 0.1) is 13.8 Å². The molecule has 2 N–H and O–H groups in total. The van der Waals surface area contributed by atoms with E-state index < -0.39 is 0 Å². The molecule has 20 heavy (non-hydrogen) atoms. The first-order valence-electron chi connectivity index (χ1n) is 6.71. The average molecular weight is 289 g/mol. The predicted octanol–water partition coefficient (Wildman–Crippen LogP) is 2.04. The molecule has 0 unspecified atom stereocenters. The molecule has 2 heterocycles. The highest BCUT2D eigenvalue weighted by molar-refractivity contribution is 7.80. The number of nitrogens with zero attached hydrogens (tertiary/aromatic N) is 4. The molecule has 0 radical (unpaired) electrons. The molecule has 0 aliphatic heterocycles. The van der Waals surface area contributed by atoms with Crippen LogP contribution >= 0.6 is 12.2 Å². The summed E-state index contributed by atoms with van der Waals surface area (Å²) in [6.45, 7) is 8.04. The van der Waals surface area contributed by atoms with E-state index in [2.05, 4.69) is 29.1 Å². The molecule has 0 fully saturated rings. The minimum absolute atomic E-state index is 0.342. The lowest BCUT2D eigenvalue weighted by molar-refractivity contribution is 0.757. The number of aromatic nitrogens is 4. The standard InChI is InChI=1S/C14H19N5S/c1-5-10-11(6-2)16-17-14(12(10)13(15)20)19-9(4)7-8(3)18-19/h7H,5-6H2,1-4H3,(H2,15,20). The maximum atomic E-state index is 5.93. The summed E-state index contributed by atoms with van der Waals surface area (Å²) in [6, 6.07) is 1.99. The Labute approximate surface area is 124 Å². The van der Waals surface area contributed by atoms with Crippen molar-refractivity contribution in [2.75, 3.05) is 0 Å². The molecular formula is C14H19N5S. The van der Waals surface area contributed by atoms with Crippen molar-refractivity contribution in [1.29, 1.82) is 0 Å². The Bertz CT molecular complexity index is 660. The van der Waals surface area contributed by atoms with Gasteiger partial charge in [-0.3, -0.25) is 0 Å². The number of hydrogen-bond acceptors (Lipinski definition) is 4. The smallest absolute Gasteiger partial charge is 0.186 e. The van der Waals surface area contributed by atoms with E-state index in [-0.39, 0.29) is 0 Å². The van der Waals surface area contributed by atoms with E-state index in [0.29, 0.717) is 10.8 Å². The highest BCUT2D eigenvalue weighted by Crippen LogP contribution is 2.21. The lowest BCUT2D eigenvalue weighted by Gasteiger charge is -2.15. The summed E-state index contributed by atoms with van der Waals surface area (Å²) in [7, 11) is 0. The molecule has 0 spiro atoms. The van der Waals surface area contributed by atoms with Crippen LogP contribution in [0.1, 0.15) is 42.1 Å². The molecule has 0 atom stereocenters. The second kappa shape index (κ2) is 5.66. The predicted molar refractivity (Wildman–Crippen MR) is 83.3 cm³/mol. The number of thiocarbonyl (C=S) groups is 1. The van der Waals surface area contributed by atoms with Crippen molar-refractivity contribution >= 4 is 17.2 Å². The first-order chi connectivity index (χ1) is 9.49. The maximum Gasteiger partial charge on any atom is 0.186 e. The third-order valence-corrected chi connectivity index (χ3v) is 3.49. The van der Waals surface area contributed by atoms with Gasteiger partial charge >= 0.3 is 0 Å². The minimum Gasteiger partial charge on any atom is -0.389 e. The van der Waals surface area contributed by atoms with E-state index in [1.165, 1.54) is 0 Å². The van der Waals surface area contributed by atoms with Gasteiger partial charge in [-0.05, 0) is 38.3 Å². The molecule has 0 bridgehead atoms. The van der Waals surface area contributed by atoms with Crippen molar-refractivity contribution in [3.63, 3.8) is 0 Å². The third kappa shape index (κ3) is 2.43. The van der Waals surface area contributed by atoms with E-state index in [4.69, 9.17) is 18.0 Å². The largest absolute Gasteiger partial charge is 0.389 e. The van der Waals surface area contributed by atoms with Gasteiger partial charge in [0.1, 0.15) is 4.99 Å². The van der Waals surface area contributed by atoms with Gasteiger partial charge in [0.05, 0.1) is 17.0 Å². The van der Waals surface area contributed by atoms with Crippen LogP contribution in [-0.4, -0.2) is 25.0 Å². The monoisotopic (exact) mass is 289 g/mol. The molecule has 0 aliphatic carbocycles. The van der Waals surface area contributed by atoms with Crippen molar-refractivity contribution in [2.45, 2.75) is 40.5 Å². The highest BCUT2D eigenvalue weighted by Gasteiger charge is 2.19. The molecule has 0 aromatic carbocycles. The van der Waals surface area contributed by atoms with Crippen molar-refractivity contribution < 1.29 is 0 Å². The van der Waals surface area contributed by atoms with Crippen LogP contribution in [-0.2, 0) is 12.8 Å². The molecule has 2 aromatic heterocycles. The van der Waals surface area contributed by atoms with Gasteiger partial charge in [0.15, 0.2) is 5.82 Å². The fraction of sp³-hybridized carbons (Fsp3) is 0.429. The van der Waals surface area contributed by atoms with Crippen molar-refractivity contribution in [3.05, 3.63) is 34.3 Å². The van der Waals surface area contributed by atoms with Gasteiger partial charge in [0.25, 0.3) is 0 Å². The Morgan fingerprint density at radius 1 is 1.25 bits per heavy atom. The summed E-state index contributed by atoms with van der Waals surface area (Å²) >= 11 is 5.23. The molecule has 0 amide bonds. The lowest BCUT2D eigenvalue weighted by atomic mass is 10.0. The van der Waals surface area contributed by atoms with Crippen LogP contribution in [0.2, 0.25) is 0 Å². The molecule has 6 heteroatoms. The summed E-state index contributed by atoms with van der Waals surface area (Å²) in [5.41, 5.74) is 10.6. The first kappa shape index (κ1) is 14.6. The quantitative estimate of drug-likeness (QED) is 0.872. The summed E-state index contributed by atoms with van der Waals surface area (Å²) in [5, 5.41) is 13.1. The second-order valence-electron chi connectivity index (χ2n) is 4.73. The Morgan fingerprint density at radius 2 is 1.95 bits per heavy atom. The van der Waals surface area contributed by atoms with E-state index in [1.54, 1.807) is 4.68 Å². The number of aryl methyl sites for hydroxylation is 3. The van der Waals surface area contributed by atoms with Crippen LogP contribution in [0.4, 0.5) is 0 Å². The number of hydrogen-bond donors (Lipinski definition) is 1. The summed E-state index contributed by atoms with van der Waals surface area (Å²) in [4.78, 5) is 0.342. The Hall–Kier alpha value is -1.82. The maximum absolute atomic E-state index is 5.93. The van der Waals surface area contributed by atoms with Gasteiger partial charge in [0, 0.05) is 5.69 Å². The fourth-order valence-electron chi connectivity index (χ4n) is 2.41. The number of nitrogens with two attached hydrogens (primary N) is 1. The molecule has 5 nitrogen and oxygen atoms in total. The molecule has 106 valence electrons. The average Bonchev–Trinajstić information content (AvgIpc) is 2.75. The lowest BCUT2D eigenvalue weighted by Crippen LogP contribution is -2.21. The normalized spacial score (nSPS) is 10.8. The van der Waals surface area contributed by atoms with E-state index in [1.807, 2.05) is 19.9 Å². The van der Waals surface area contributed by atoms with Gasteiger partial charge in [0.2, 0.25) is 0 Å². The Morgan fingerprint density at radius 3 is 2.40 bits per heavy atom. The highest BCUT2D eigenvalue weighted by atomic mass is 32.1. The van der Waals surface area contributed by atoms with Crippen LogP contribution in [0.5, 0.6) is 0 Å². The van der Waals surface area contributed by atoms with E-state index >= 15 is 0 Å². The number of rotatable bonds is 4. The third-order valence-electron chi connectivity index (χ3n) is 3.28. The van der Waals surface area contributed by atoms with Gasteiger partial charge in [-0.25, -0.2) is 4.68 Å². The zero-order valence-electron chi connectivity index (χ0n) is 12.3. The molecule has 2 aromatic rings. The van der Waals surface area contributed by atoms with Crippen LogP contribution in [0.3, 0.4) is 0 Å². The molecular weight excluding hydrogens is 270 g/mol. The van der Waals surface area contributed by atoms with E-state index in [0.717, 1.165) is 41.1 Å². The minimum atomic E-state index is 0.342. The topological polar surface area (TPSA) is 69.6 Å². The van der Waals surface area contributed by atoms with Crippen LogP contribution in [0.25, 0.3) is 5.82 Å². The van der Waals surface area contributed by atoms with Crippen molar-refractivity contribution in [3.8, 4) is 5.82 Å². The Kier molecular flexibility index (Phi) is 4.13. The second-order valence-corrected chi connectivity index (χ2v) is 5.17. The SMILES string of the molecule is CCc1nnc(-n2nc(C)cc2C)c(C(N)=S)c1CC. The Balaban J connectivity index is 2.77. The summed E-state index contributed by atoms with van der Waals surface area (Å²) in [6.07, 6.45) is 1.63. The molecule has 2 rings (SSSR count). The van der Waals surface area contributed by atoms with Gasteiger partial charge in [-0.2, -0.15) is 10.2 Å². The van der Waals surface area contributed by atoms with E-state index in [9.17, 15) is 0 Å². The van der Waals surface area contributed by atoms with Crippen LogP contribution in [0.15, 0.2) is 6.07 Å². The summed E-state index contributed by atoms with van der Waals surface area (Å²) < 4.78 is 1.76.